The highest BCUT2D eigenvalue weighted by Gasteiger charge is 2.26. The van der Waals surface area contributed by atoms with Gasteiger partial charge < -0.3 is 10.5 Å². The highest BCUT2D eigenvalue weighted by Crippen LogP contribution is 2.27. The summed E-state index contributed by atoms with van der Waals surface area (Å²) in [7, 11) is 0. The number of nitrogens with zero attached hydrogens (tertiary/aromatic N) is 1. The van der Waals surface area contributed by atoms with E-state index in [4.69, 9.17) is 10.5 Å². The van der Waals surface area contributed by atoms with Gasteiger partial charge in [-0.2, -0.15) is 0 Å². The zero-order valence-electron chi connectivity index (χ0n) is 13.1. The van der Waals surface area contributed by atoms with Gasteiger partial charge >= 0.3 is 0 Å². The van der Waals surface area contributed by atoms with Crippen LogP contribution in [0.4, 0.5) is 0 Å². The topological polar surface area (TPSA) is 48.1 Å². The van der Waals surface area contributed by atoms with Gasteiger partial charge in [-0.1, -0.05) is 46.5 Å². The SMILES string of the molecule is CC(C)(C)c1csc(COCC2(N)CCCCCC2)n1. The Hall–Kier alpha value is -0.450. The minimum absolute atomic E-state index is 0.110. The predicted molar refractivity (Wildman–Crippen MR) is 85.1 cm³/mol. The lowest BCUT2D eigenvalue weighted by Gasteiger charge is -2.27. The smallest absolute Gasteiger partial charge is 0.119 e. The molecule has 0 aliphatic heterocycles. The van der Waals surface area contributed by atoms with Gasteiger partial charge in [0.05, 0.1) is 18.9 Å². The average Bonchev–Trinajstić information content (AvgIpc) is 2.73. The fourth-order valence-corrected chi connectivity index (χ4v) is 3.60. The Balaban J connectivity index is 1.82. The van der Waals surface area contributed by atoms with Crippen LogP contribution < -0.4 is 5.73 Å². The Morgan fingerprint density at radius 1 is 1.25 bits per heavy atom. The lowest BCUT2D eigenvalue weighted by Crippen LogP contribution is -2.43. The van der Waals surface area contributed by atoms with Crippen LogP contribution in [-0.2, 0) is 16.8 Å². The molecule has 0 bridgehead atoms. The van der Waals surface area contributed by atoms with Gasteiger partial charge in [-0.25, -0.2) is 4.98 Å². The first-order valence-electron chi connectivity index (χ1n) is 7.71. The molecule has 1 saturated carbocycles. The predicted octanol–water partition coefficient (Wildman–Crippen LogP) is 4.01. The highest BCUT2D eigenvalue weighted by molar-refractivity contribution is 7.09. The van der Waals surface area contributed by atoms with Gasteiger partial charge in [-0.05, 0) is 12.8 Å². The molecule has 0 atom stereocenters. The van der Waals surface area contributed by atoms with E-state index in [0.29, 0.717) is 13.2 Å². The van der Waals surface area contributed by atoms with Crippen LogP contribution in [0.15, 0.2) is 5.38 Å². The third-order valence-corrected chi connectivity index (χ3v) is 4.86. The fraction of sp³-hybridized carbons (Fsp3) is 0.812. The Labute approximate surface area is 126 Å². The van der Waals surface area contributed by atoms with Crippen LogP contribution in [0.1, 0.15) is 70.0 Å². The average molecular weight is 296 g/mol. The molecular formula is C16H28N2OS. The molecule has 0 saturated heterocycles. The van der Waals surface area contributed by atoms with Crippen LogP contribution in [0.2, 0.25) is 0 Å². The van der Waals surface area contributed by atoms with E-state index in [1.165, 1.54) is 25.7 Å². The molecule has 20 heavy (non-hydrogen) atoms. The third-order valence-electron chi connectivity index (χ3n) is 4.03. The summed E-state index contributed by atoms with van der Waals surface area (Å²) in [5.74, 6) is 0. The number of nitrogens with two attached hydrogens (primary N) is 1. The first kappa shape index (κ1) is 15.9. The summed E-state index contributed by atoms with van der Waals surface area (Å²) in [6.07, 6.45) is 7.31. The van der Waals surface area contributed by atoms with E-state index < -0.39 is 0 Å². The van der Waals surface area contributed by atoms with Gasteiger partial charge in [0, 0.05) is 16.3 Å². The van der Waals surface area contributed by atoms with Crippen LogP contribution in [0.5, 0.6) is 0 Å². The van der Waals surface area contributed by atoms with Gasteiger partial charge in [0.15, 0.2) is 0 Å². The molecule has 0 aromatic carbocycles. The quantitative estimate of drug-likeness (QED) is 0.854. The molecule has 0 radical (unpaired) electrons. The minimum Gasteiger partial charge on any atom is -0.372 e. The summed E-state index contributed by atoms with van der Waals surface area (Å²) < 4.78 is 5.87. The minimum atomic E-state index is -0.110. The first-order chi connectivity index (χ1) is 9.39. The van der Waals surface area contributed by atoms with Gasteiger partial charge in [0.1, 0.15) is 5.01 Å². The van der Waals surface area contributed by atoms with Crippen molar-refractivity contribution in [2.75, 3.05) is 6.61 Å². The summed E-state index contributed by atoms with van der Waals surface area (Å²) >= 11 is 1.69. The van der Waals surface area contributed by atoms with Crippen molar-refractivity contribution >= 4 is 11.3 Å². The summed E-state index contributed by atoms with van der Waals surface area (Å²) in [4.78, 5) is 4.66. The van der Waals surface area contributed by atoms with E-state index in [0.717, 1.165) is 23.5 Å². The van der Waals surface area contributed by atoms with Crippen molar-refractivity contribution in [2.24, 2.45) is 5.73 Å². The van der Waals surface area contributed by atoms with Crippen molar-refractivity contribution in [3.05, 3.63) is 16.1 Å². The molecule has 0 spiro atoms. The van der Waals surface area contributed by atoms with Crippen molar-refractivity contribution in [3.8, 4) is 0 Å². The number of rotatable bonds is 4. The maximum absolute atomic E-state index is 6.46. The van der Waals surface area contributed by atoms with Gasteiger partial charge in [-0.15, -0.1) is 11.3 Å². The molecule has 114 valence electrons. The third kappa shape index (κ3) is 4.54. The zero-order valence-corrected chi connectivity index (χ0v) is 13.9. The number of hydrogen-bond acceptors (Lipinski definition) is 4. The molecule has 2 N–H and O–H groups in total. The zero-order chi connectivity index (χ0) is 14.6. The molecule has 2 rings (SSSR count). The van der Waals surface area contributed by atoms with E-state index in [9.17, 15) is 0 Å². The number of ether oxygens (including phenoxy) is 1. The van der Waals surface area contributed by atoms with Crippen LogP contribution >= 0.6 is 11.3 Å². The Kier molecular flexibility index (Phi) is 5.21. The van der Waals surface area contributed by atoms with Gasteiger partial charge in [-0.3, -0.25) is 0 Å². The van der Waals surface area contributed by atoms with Crippen LogP contribution in [-0.4, -0.2) is 17.1 Å². The standard InChI is InChI=1S/C16H28N2OS/c1-15(2,3)13-11-20-14(18-13)10-19-12-16(17)8-6-4-5-7-9-16/h11H,4-10,12,17H2,1-3H3. The molecule has 4 heteroatoms. The molecule has 1 aliphatic carbocycles. The Morgan fingerprint density at radius 3 is 2.45 bits per heavy atom. The van der Waals surface area contributed by atoms with E-state index in [-0.39, 0.29) is 11.0 Å². The second-order valence-corrected chi connectivity index (χ2v) is 8.09. The van der Waals surface area contributed by atoms with Crippen molar-refractivity contribution < 1.29 is 4.74 Å². The second-order valence-electron chi connectivity index (χ2n) is 7.15. The maximum Gasteiger partial charge on any atom is 0.119 e. The van der Waals surface area contributed by atoms with E-state index >= 15 is 0 Å². The Morgan fingerprint density at radius 2 is 1.90 bits per heavy atom. The van der Waals surface area contributed by atoms with Crippen molar-refractivity contribution in [1.29, 1.82) is 0 Å². The summed E-state index contributed by atoms with van der Waals surface area (Å²) in [6.45, 7) is 7.82. The molecule has 1 aromatic rings. The largest absolute Gasteiger partial charge is 0.372 e. The van der Waals surface area contributed by atoms with Crippen LogP contribution in [0, 0.1) is 0 Å². The molecule has 0 amide bonds. The fourth-order valence-electron chi connectivity index (χ4n) is 2.64. The summed E-state index contributed by atoms with van der Waals surface area (Å²) in [5, 5.41) is 3.20. The summed E-state index contributed by atoms with van der Waals surface area (Å²) in [6, 6.07) is 0. The molecule has 0 unspecified atom stereocenters. The molecule has 1 aliphatic rings. The Bertz CT molecular complexity index is 414. The first-order valence-corrected chi connectivity index (χ1v) is 8.59. The monoisotopic (exact) mass is 296 g/mol. The number of thiazole rings is 1. The molecule has 3 nitrogen and oxygen atoms in total. The highest BCUT2D eigenvalue weighted by atomic mass is 32.1. The van der Waals surface area contributed by atoms with Gasteiger partial charge in [0.2, 0.25) is 0 Å². The number of aromatic nitrogens is 1. The normalized spacial score (nSPS) is 19.8. The molecule has 1 aromatic heterocycles. The van der Waals surface area contributed by atoms with Crippen LogP contribution in [0.3, 0.4) is 0 Å². The van der Waals surface area contributed by atoms with E-state index in [1.807, 2.05) is 0 Å². The summed E-state index contributed by atoms with van der Waals surface area (Å²) in [5.41, 5.74) is 7.61. The van der Waals surface area contributed by atoms with Gasteiger partial charge in [0.25, 0.3) is 0 Å². The molecular weight excluding hydrogens is 268 g/mol. The molecule has 1 heterocycles. The molecule has 1 fully saturated rings. The van der Waals surface area contributed by atoms with Crippen LogP contribution in [0.25, 0.3) is 0 Å². The maximum atomic E-state index is 6.46. The van der Waals surface area contributed by atoms with Crippen molar-refractivity contribution in [3.63, 3.8) is 0 Å². The van der Waals surface area contributed by atoms with E-state index in [1.54, 1.807) is 11.3 Å². The van der Waals surface area contributed by atoms with Crippen molar-refractivity contribution in [1.82, 2.24) is 4.98 Å². The second kappa shape index (κ2) is 6.54. The van der Waals surface area contributed by atoms with E-state index in [2.05, 4.69) is 31.1 Å². The lowest BCUT2D eigenvalue weighted by molar-refractivity contribution is 0.0665. The lowest BCUT2D eigenvalue weighted by atomic mass is 9.93. The number of hydrogen-bond donors (Lipinski definition) is 1. The van der Waals surface area contributed by atoms with Crippen molar-refractivity contribution in [2.45, 2.75) is 76.9 Å².